The van der Waals surface area contributed by atoms with Crippen LogP contribution >= 0.6 is 0 Å². The number of rotatable bonds is 5. The number of aromatic amines is 1. The molecule has 25 heavy (non-hydrogen) atoms. The van der Waals surface area contributed by atoms with Gasteiger partial charge in [0.1, 0.15) is 0 Å². The molecule has 0 spiro atoms. The normalized spacial score (nSPS) is 17.0. The summed E-state index contributed by atoms with van der Waals surface area (Å²) in [5.41, 5.74) is 1.54. The minimum Gasteiger partial charge on any atom is -0.493 e. The first-order valence-corrected chi connectivity index (χ1v) is 8.19. The van der Waals surface area contributed by atoms with Gasteiger partial charge < -0.3 is 14.4 Å². The van der Waals surface area contributed by atoms with Crippen molar-refractivity contribution in [1.82, 2.24) is 15.1 Å². The molecule has 1 amide bonds. The number of amides is 1. The van der Waals surface area contributed by atoms with Crippen LogP contribution in [-0.2, 0) is 4.79 Å². The van der Waals surface area contributed by atoms with Gasteiger partial charge in [0.05, 0.1) is 18.7 Å². The van der Waals surface area contributed by atoms with Crippen LogP contribution in [0.15, 0.2) is 30.5 Å². The van der Waals surface area contributed by atoms with E-state index in [1.54, 1.807) is 24.4 Å². The predicted molar refractivity (Wildman–Crippen MR) is 90.3 cm³/mol. The number of carbonyl (C=O) groups is 1. The van der Waals surface area contributed by atoms with Gasteiger partial charge in [-0.05, 0) is 31.0 Å². The molecule has 0 aliphatic carbocycles. The fourth-order valence-electron chi connectivity index (χ4n) is 3.04. The molecule has 0 saturated carbocycles. The molecule has 130 valence electrons. The fraction of sp³-hybridized carbons (Fsp3) is 0.389. The maximum absolute atomic E-state index is 12.5. The van der Waals surface area contributed by atoms with Crippen LogP contribution in [0, 0.1) is 11.3 Å². The molecule has 7 nitrogen and oxygen atoms in total. The summed E-state index contributed by atoms with van der Waals surface area (Å²) >= 11 is 0. The molecular weight excluding hydrogens is 320 g/mol. The van der Waals surface area contributed by atoms with Crippen molar-refractivity contribution in [3.8, 4) is 17.6 Å². The number of hydrogen-bond acceptors (Lipinski definition) is 5. The molecule has 3 rings (SSSR count). The second-order valence-electron chi connectivity index (χ2n) is 5.96. The van der Waals surface area contributed by atoms with E-state index in [2.05, 4.69) is 10.2 Å². The van der Waals surface area contributed by atoms with Crippen LogP contribution in [-0.4, -0.2) is 47.8 Å². The zero-order valence-corrected chi connectivity index (χ0v) is 14.1. The predicted octanol–water partition coefficient (Wildman–Crippen LogP) is 2.07. The number of likely N-dealkylation sites (tertiary alicyclic amines) is 1. The smallest absolute Gasteiger partial charge is 0.260 e. The number of nitrogens with zero attached hydrogens (tertiary/aromatic N) is 3. The molecule has 1 fully saturated rings. The van der Waals surface area contributed by atoms with Gasteiger partial charge in [-0.2, -0.15) is 10.4 Å². The lowest BCUT2D eigenvalue weighted by atomic mass is 9.95. The molecule has 1 aromatic heterocycles. The summed E-state index contributed by atoms with van der Waals surface area (Å²) in [6.07, 6.45) is 3.72. The first-order chi connectivity index (χ1) is 12.2. The van der Waals surface area contributed by atoms with Crippen molar-refractivity contribution < 1.29 is 14.3 Å². The standard InChI is InChI=1S/C18H20N4O3/c1-24-17-9-13(10-19)4-5-16(17)25-12-18(23)22-8-2-3-14(11-22)15-6-7-20-21-15/h4-7,9,14H,2-3,8,11-12H2,1H3,(H,20,21)/t14-/m1/s1. The number of hydrogen-bond donors (Lipinski definition) is 1. The number of ether oxygens (including phenoxy) is 2. The number of carbonyl (C=O) groups excluding carboxylic acids is 1. The van der Waals surface area contributed by atoms with Crippen LogP contribution < -0.4 is 9.47 Å². The van der Waals surface area contributed by atoms with Crippen molar-refractivity contribution >= 4 is 5.91 Å². The average molecular weight is 340 g/mol. The van der Waals surface area contributed by atoms with Crippen molar-refractivity contribution in [3.05, 3.63) is 41.7 Å². The Morgan fingerprint density at radius 1 is 1.44 bits per heavy atom. The number of nitrogens with one attached hydrogen (secondary N) is 1. The molecule has 1 aliphatic rings. The highest BCUT2D eigenvalue weighted by atomic mass is 16.5. The summed E-state index contributed by atoms with van der Waals surface area (Å²) in [5, 5.41) is 15.9. The van der Waals surface area contributed by atoms with Gasteiger partial charge in [0.2, 0.25) is 0 Å². The lowest BCUT2D eigenvalue weighted by Gasteiger charge is -2.32. The fourth-order valence-corrected chi connectivity index (χ4v) is 3.04. The van der Waals surface area contributed by atoms with Gasteiger partial charge in [-0.1, -0.05) is 0 Å². The molecule has 1 N–H and O–H groups in total. The van der Waals surface area contributed by atoms with E-state index < -0.39 is 0 Å². The average Bonchev–Trinajstić information content (AvgIpc) is 3.21. The molecule has 2 heterocycles. The van der Waals surface area contributed by atoms with Gasteiger partial charge in [0.15, 0.2) is 18.1 Å². The quantitative estimate of drug-likeness (QED) is 0.900. The van der Waals surface area contributed by atoms with Crippen LogP contribution in [0.5, 0.6) is 11.5 Å². The Kier molecular flexibility index (Phi) is 5.19. The largest absolute Gasteiger partial charge is 0.493 e. The Hall–Kier alpha value is -3.01. The number of nitriles is 1. The number of H-pyrrole nitrogens is 1. The summed E-state index contributed by atoms with van der Waals surface area (Å²) in [6, 6.07) is 8.88. The third-order valence-electron chi connectivity index (χ3n) is 4.38. The van der Waals surface area contributed by atoms with Crippen LogP contribution in [0.3, 0.4) is 0 Å². The van der Waals surface area contributed by atoms with Crippen LogP contribution in [0.1, 0.15) is 30.0 Å². The van der Waals surface area contributed by atoms with Gasteiger partial charge in [0, 0.05) is 37.0 Å². The molecule has 1 aromatic carbocycles. The number of benzene rings is 1. The zero-order chi connectivity index (χ0) is 17.6. The highest BCUT2D eigenvalue weighted by Crippen LogP contribution is 2.28. The molecule has 0 radical (unpaired) electrons. The molecule has 2 aromatic rings. The Bertz CT molecular complexity index is 767. The number of piperidine rings is 1. The van der Waals surface area contributed by atoms with Crippen molar-refractivity contribution in [1.29, 1.82) is 5.26 Å². The van der Waals surface area contributed by atoms with E-state index in [4.69, 9.17) is 14.7 Å². The molecule has 1 aliphatic heterocycles. The third-order valence-corrected chi connectivity index (χ3v) is 4.38. The molecular formula is C18H20N4O3. The van der Waals surface area contributed by atoms with Gasteiger partial charge in [0.25, 0.3) is 5.91 Å². The topological polar surface area (TPSA) is 91.2 Å². The Morgan fingerprint density at radius 3 is 3.04 bits per heavy atom. The van der Waals surface area contributed by atoms with E-state index in [1.165, 1.54) is 7.11 Å². The molecule has 1 atom stereocenters. The van der Waals surface area contributed by atoms with Gasteiger partial charge in [-0.15, -0.1) is 0 Å². The highest BCUT2D eigenvalue weighted by molar-refractivity contribution is 5.78. The highest BCUT2D eigenvalue weighted by Gasteiger charge is 2.25. The Labute approximate surface area is 146 Å². The number of methoxy groups -OCH3 is 1. The second-order valence-corrected chi connectivity index (χ2v) is 5.96. The summed E-state index contributed by atoms with van der Waals surface area (Å²) in [4.78, 5) is 14.3. The lowest BCUT2D eigenvalue weighted by molar-refractivity contribution is -0.134. The van der Waals surface area contributed by atoms with E-state index >= 15 is 0 Å². The van der Waals surface area contributed by atoms with Crippen molar-refractivity contribution in [3.63, 3.8) is 0 Å². The Morgan fingerprint density at radius 2 is 2.32 bits per heavy atom. The number of aromatic nitrogens is 2. The SMILES string of the molecule is COc1cc(C#N)ccc1OCC(=O)N1CCC[C@@H](c2ccn[nH]2)C1. The van der Waals surface area contributed by atoms with Crippen LogP contribution in [0.4, 0.5) is 0 Å². The van der Waals surface area contributed by atoms with E-state index in [1.807, 2.05) is 17.0 Å². The van der Waals surface area contributed by atoms with Crippen molar-refractivity contribution in [2.24, 2.45) is 0 Å². The molecule has 0 bridgehead atoms. The summed E-state index contributed by atoms with van der Waals surface area (Å²) < 4.78 is 10.8. The Balaban J connectivity index is 1.60. The van der Waals surface area contributed by atoms with Gasteiger partial charge in [-0.3, -0.25) is 9.89 Å². The minimum atomic E-state index is -0.0596. The van der Waals surface area contributed by atoms with Crippen molar-refractivity contribution in [2.75, 3.05) is 26.8 Å². The van der Waals surface area contributed by atoms with Crippen LogP contribution in [0.2, 0.25) is 0 Å². The molecule has 0 unspecified atom stereocenters. The lowest BCUT2D eigenvalue weighted by Crippen LogP contribution is -2.41. The van der Waals surface area contributed by atoms with Crippen LogP contribution in [0.25, 0.3) is 0 Å². The first kappa shape index (κ1) is 16.8. The second kappa shape index (κ2) is 7.71. The van der Waals surface area contributed by atoms with E-state index in [0.29, 0.717) is 23.6 Å². The molecule has 1 saturated heterocycles. The van der Waals surface area contributed by atoms with Gasteiger partial charge >= 0.3 is 0 Å². The van der Waals surface area contributed by atoms with E-state index in [9.17, 15) is 4.79 Å². The summed E-state index contributed by atoms with van der Waals surface area (Å²) in [6.45, 7) is 1.34. The molecule has 7 heteroatoms. The monoisotopic (exact) mass is 340 g/mol. The zero-order valence-electron chi connectivity index (χ0n) is 14.1. The van der Waals surface area contributed by atoms with Crippen molar-refractivity contribution in [2.45, 2.75) is 18.8 Å². The minimum absolute atomic E-state index is 0.0576. The maximum atomic E-state index is 12.5. The third kappa shape index (κ3) is 3.91. The summed E-state index contributed by atoms with van der Waals surface area (Å²) in [7, 11) is 1.50. The van der Waals surface area contributed by atoms with Gasteiger partial charge in [-0.25, -0.2) is 0 Å². The van der Waals surface area contributed by atoms with E-state index in [-0.39, 0.29) is 18.4 Å². The summed E-state index contributed by atoms with van der Waals surface area (Å²) in [5.74, 6) is 1.12. The van der Waals surface area contributed by atoms with E-state index in [0.717, 1.165) is 25.1 Å². The first-order valence-electron chi connectivity index (χ1n) is 8.19. The maximum Gasteiger partial charge on any atom is 0.260 e.